The van der Waals surface area contributed by atoms with Gasteiger partial charge in [0.15, 0.2) is 0 Å². The van der Waals surface area contributed by atoms with Crippen molar-refractivity contribution in [1.82, 2.24) is 9.97 Å². The Labute approximate surface area is 363 Å². The summed E-state index contributed by atoms with van der Waals surface area (Å²) in [5, 5.41) is 8.44. The van der Waals surface area contributed by atoms with Crippen LogP contribution in [0.2, 0.25) is 0 Å². The minimum atomic E-state index is 0.910. The summed E-state index contributed by atoms with van der Waals surface area (Å²) in [6.07, 6.45) is 0. The lowest BCUT2D eigenvalue weighted by molar-refractivity contribution is 1.29. The molecule has 0 aliphatic carbocycles. The second kappa shape index (κ2) is 15.0. The van der Waals surface area contributed by atoms with Gasteiger partial charge in [-0.05, 0) is 88.6 Å². The molecule has 3 aromatic heterocycles. The predicted molar refractivity (Wildman–Crippen MR) is 264 cm³/mol. The summed E-state index contributed by atoms with van der Waals surface area (Å²) >= 11 is 1.85. The van der Waals surface area contributed by atoms with Crippen LogP contribution in [0.25, 0.3) is 97.5 Å². The maximum Gasteiger partial charge on any atom is 0.0788 e. The van der Waals surface area contributed by atoms with E-state index in [1.165, 1.54) is 36.3 Å². The Balaban J connectivity index is 1.02. The van der Waals surface area contributed by atoms with Gasteiger partial charge in [-0.25, -0.2) is 9.97 Å². The lowest BCUT2D eigenvalue weighted by Gasteiger charge is -2.26. The van der Waals surface area contributed by atoms with E-state index in [9.17, 15) is 0 Å². The van der Waals surface area contributed by atoms with Crippen LogP contribution in [0.1, 0.15) is 0 Å². The molecule has 12 aromatic rings. The molecule has 12 rings (SSSR count). The van der Waals surface area contributed by atoms with E-state index in [4.69, 9.17) is 9.97 Å². The van der Waals surface area contributed by atoms with Crippen LogP contribution >= 0.6 is 11.3 Å². The molecule has 0 spiro atoms. The average Bonchev–Trinajstić information content (AvgIpc) is 3.72. The molecule has 0 aliphatic heterocycles. The standard InChI is InChI=1S/C58H37N3S/c1-4-14-38(15-5-1)43-35-52(40-17-6-2-7-18-40)59-53(36-43)42-27-31-49-54(34-42)60-58(50-32-26-39-16-10-11-21-47(39)57(49)50)41-24-28-45(29-25-41)61(44-19-8-3-9-20-44)46-30-33-56-51(37-46)48-22-12-13-23-55(48)62-56/h1-37H. The first-order valence-corrected chi connectivity index (χ1v) is 21.8. The zero-order chi connectivity index (χ0) is 41.0. The smallest absolute Gasteiger partial charge is 0.0788 e. The Morgan fingerprint density at radius 1 is 0.323 bits per heavy atom. The van der Waals surface area contributed by atoms with Crippen LogP contribution in [-0.4, -0.2) is 9.97 Å². The number of anilines is 3. The first-order chi connectivity index (χ1) is 30.7. The summed E-state index contributed by atoms with van der Waals surface area (Å²) < 4.78 is 2.60. The summed E-state index contributed by atoms with van der Waals surface area (Å²) in [4.78, 5) is 13.2. The molecule has 0 unspecified atom stereocenters. The molecule has 0 amide bonds. The lowest BCUT2D eigenvalue weighted by atomic mass is 9.94. The number of pyridine rings is 2. The van der Waals surface area contributed by atoms with E-state index in [2.05, 4.69) is 223 Å². The van der Waals surface area contributed by atoms with E-state index < -0.39 is 0 Å². The molecule has 0 atom stereocenters. The molecule has 0 bridgehead atoms. The molecular formula is C58H37N3S. The van der Waals surface area contributed by atoms with Crippen LogP contribution in [0.15, 0.2) is 224 Å². The molecule has 3 nitrogen and oxygen atoms in total. The van der Waals surface area contributed by atoms with E-state index in [0.717, 1.165) is 78.3 Å². The van der Waals surface area contributed by atoms with Crippen molar-refractivity contribution in [3.8, 4) is 44.9 Å². The topological polar surface area (TPSA) is 29.0 Å². The molecule has 0 saturated carbocycles. The molecule has 0 saturated heterocycles. The van der Waals surface area contributed by atoms with E-state index in [-0.39, 0.29) is 0 Å². The van der Waals surface area contributed by atoms with Crippen molar-refractivity contribution >= 4 is 81.0 Å². The van der Waals surface area contributed by atoms with E-state index in [1.54, 1.807) is 0 Å². The minimum Gasteiger partial charge on any atom is -0.310 e. The van der Waals surface area contributed by atoms with Crippen molar-refractivity contribution in [1.29, 1.82) is 0 Å². The zero-order valence-corrected chi connectivity index (χ0v) is 34.4. The number of thiophene rings is 1. The van der Waals surface area contributed by atoms with Crippen LogP contribution in [-0.2, 0) is 0 Å². The Bertz CT molecular complexity index is 3560. The molecule has 4 heteroatoms. The Kier molecular flexibility index (Phi) is 8.68. The van der Waals surface area contributed by atoms with Crippen molar-refractivity contribution in [2.24, 2.45) is 0 Å². The Morgan fingerprint density at radius 2 is 0.919 bits per heavy atom. The summed E-state index contributed by atoms with van der Waals surface area (Å²) in [5.74, 6) is 0. The van der Waals surface area contributed by atoms with Gasteiger partial charge in [-0.1, -0.05) is 158 Å². The van der Waals surface area contributed by atoms with E-state index in [0.29, 0.717) is 0 Å². The van der Waals surface area contributed by atoms with Gasteiger partial charge in [-0.15, -0.1) is 11.3 Å². The molecule has 290 valence electrons. The van der Waals surface area contributed by atoms with Crippen molar-refractivity contribution in [3.63, 3.8) is 0 Å². The molecule has 0 aliphatic rings. The largest absolute Gasteiger partial charge is 0.310 e. The molecular weight excluding hydrogens is 771 g/mol. The highest BCUT2D eigenvalue weighted by molar-refractivity contribution is 7.25. The fourth-order valence-corrected chi connectivity index (χ4v) is 10.1. The summed E-state index contributed by atoms with van der Waals surface area (Å²) in [7, 11) is 0. The van der Waals surface area contributed by atoms with Crippen LogP contribution < -0.4 is 4.90 Å². The van der Waals surface area contributed by atoms with E-state index in [1.807, 2.05) is 17.4 Å². The van der Waals surface area contributed by atoms with Gasteiger partial charge in [0.05, 0.1) is 22.6 Å². The van der Waals surface area contributed by atoms with Gasteiger partial charge in [0.25, 0.3) is 0 Å². The fraction of sp³-hybridized carbons (Fsp3) is 0. The fourth-order valence-electron chi connectivity index (χ4n) is 9.03. The molecule has 62 heavy (non-hydrogen) atoms. The van der Waals surface area contributed by atoms with Crippen LogP contribution in [0.4, 0.5) is 17.1 Å². The van der Waals surface area contributed by atoms with Crippen molar-refractivity contribution in [2.75, 3.05) is 4.90 Å². The normalized spacial score (nSPS) is 11.5. The molecule has 0 radical (unpaired) electrons. The second-order valence-electron chi connectivity index (χ2n) is 15.8. The highest BCUT2D eigenvalue weighted by atomic mass is 32.1. The van der Waals surface area contributed by atoms with Gasteiger partial charge < -0.3 is 4.90 Å². The van der Waals surface area contributed by atoms with Crippen LogP contribution in [0.3, 0.4) is 0 Å². The number of hydrogen-bond acceptors (Lipinski definition) is 4. The number of benzene rings is 9. The number of rotatable bonds is 7. The van der Waals surface area contributed by atoms with Crippen LogP contribution in [0.5, 0.6) is 0 Å². The quantitative estimate of drug-likeness (QED) is 0.150. The van der Waals surface area contributed by atoms with Gasteiger partial charge in [0.1, 0.15) is 0 Å². The third-order valence-corrected chi connectivity index (χ3v) is 13.2. The molecule has 0 N–H and O–H groups in total. The third-order valence-electron chi connectivity index (χ3n) is 12.0. The summed E-state index contributed by atoms with van der Waals surface area (Å²) in [6.45, 7) is 0. The maximum atomic E-state index is 5.54. The number of nitrogens with zero attached hydrogens (tertiary/aromatic N) is 3. The first kappa shape index (κ1) is 36.0. The van der Waals surface area contributed by atoms with Gasteiger partial charge in [0, 0.05) is 70.1 Å². The van der Waals surface area contributed by atoms with Gasteiger partial charge >= 0.3 is 0 Å². The molecule has 9 aromatic carbocycles. The third kappa shape index (κ3) is 6.28. The lowest BCUT2D eigenvalue weighted by Crippen LogP contribution is -2.09. The Hall–Kier alpha value is -7.92. The number of aromatic nitrogens is 2. The van der Waals surface area contributed by atoms with Crippen LogP contribution in [0, 0.1) is 0 Å². The van der Waals surface area contributed by atoms with E-state index >= 15 is 0 Å². The predicted octanol–water partition coefficient (Wildman–Crippen LogP) is 16.4. The summed E-state index contributed by atoms with van der Waals surface area (Å²) in [6, 6.07) is 80.3. The van der Waals surface area contributed by atoms with Gasteiger partial charge in [0.2, 0.25) is 0 Å². The van der Waals surface area contributed by atoms with Crippen molar-refractivity contribution in [2.45, 2.75) is 0 Å². The van der Waals surface area contributed by atoms with Gasteiger partial charge in [-0.3, -0.25) is 0 Å². The monoisotopic (exact) mass is 807 g/mol. The SMILES string of the molecule is c1ccc(-c2cc(-c3ccccc3)nc(-c3ccc4c(c3)nc(-c3ccc(N(c5ccccc5)c5ccc6sc7ccccc7c6c5)cc3)c3ccc5ccccc5c34)c2)cc1. The zero-order valence-electron chi connectivity index (χ0n) is 33.6. The van der Waals surface area contributed by atoms with Gasteiger partial charge in [-0.2, -0.15) is 0 Å². The first-order valence-electron chi connectivity index (χ1n) is 21.0. The van der Waals surface area contributed by atoms with Crippen molar-refractivity contribution in [3.05, 3.63) is 224 Å². The number of para-hydroxylation sites is 1. The molecule has 0 fully saturated rings. The highest BCUT2D eigenvalue weighted by Crippen LogP contribution is 2.43. The highest BCUT2D eigenvalue weighted by Gasteiger charge is 2.18. The summed E-state index contributed by atoms with van der Waals surface area (Å²) in [5.41, 5.74) is 12.5. The minimum absolute atomic E-state index is 0.910. The average molecular weight is 808 g/mol. The number of fused-ring (bicyclic) bond motifs is 8. The molecule has 3 heterocycles. The maximum absolute atomic E-state index is 5.54. The van der Waals surface area contributed by atoms with Crippen molar-refractivity contribution < 1.29 is 0 Å². The number of hydrogen-bond donors (Lipinski definition) is 0. The second-order valence-corrected chi connectivity index (χ2v) is 16.8. The Morgan fingerprint density at radius 3 is 1.71 bits per heavy atom.